The van der Waals surface area contributed by atoms with Crippen LogP contribution in [0.4, 0.5) is 0 Å². The van der Waals surface area contributed by atoms with Gasteiger partial charge in [-0.2, -0.15) is 16.8 Å². The first-order valence-electron chi connectivity index (χ1n) is 9.24. The van der Waals surface area contributed by atoms with Gasteiger partial charge >= 0.3 is 0 Å². The highest BCUT2D eigenvalue weighted by molar-refractivity contribution is 7.86. The number of rotatable bonds is 18. The van der Waals surface area contributed by atoms with Crippen molar-refractivity contribution in [2.75, 3.05) is 23.8 Å². The first-order chi connectivity index (χ1) is 11.7. The fourth-order valence-corrected chi connectivity index (χ4v) is 4.80. The van der Waals surface area contributed by atoms with Gasteiger partial charge < -0.3 is 0 Å². The minimum absolute atomic E-state index is 0.119. The van der Waals surface area contributed by atoms with E-state index in [-0.39, 0.29) is 11.5 Å². The van der Waals surface area contributed by atoms with Crippen LogP contribution in [0, 0.1) is 0 Å². The van der Waals surface area contributed by atoms with Gasteiger partial charge in [-0.3, -0.25) is 9.11 Å². The predicted octanol–water partition coefficient (Wildman–Crippen LogP) is 4.39. The van der Waals surface area contributed by atoms with Crippen molar-refractivity contribution in [2.24, 2.45) is 0 Å². The molecule has 0 aliphatic rings. The summed E-state index contributed by atoms with van der Waals surface area (Å²) in [5, 5.41) is 0. The second-order valence-electron chi connectivity index (χ2n) is 6.49. The van der Waals surface area contributed by atoms with Crippen molar-refractivity contribution in [3.63, 3.8) is 0 Å². The molecular weight excluding hydrogens is 383 g/mol. The Bertz CT molecular complexity index is 459. The average Bonchev–Trinajstić information content (AvgIpc) is 2.48. The average molecular weight is 418 g/mol. The second kappa shape index (κ2) is 15.3. The Morgan fingerprint density at radius 3 is 1.08 bits per heavy atom. The summed E-state index contributed by atoms with van der Waals surface area (Å²) in [7, 11) is -6.08. The molecule has 25 heavy (non-hydrogen) atoms. The summed E-state index contributed by atoms with van der Waals surface area (Å²) >= 11 is 0. The summed E-state index contributed by atoms with van der Waals surface area (Å²) in [6.45, 7) is 0. The largest absolute Gasteiger partial charge is 0.286 e. The Morgan fingerprint density at radius 1 is 0.480 bits per heavy atom. The molecule has 1 radical (unpaired) electrons. The van der Waals surface area contributed by atoms with Gasteiger partial charge in [0.25, 0.3) is 20.2 Å². The monoisotopic (exact) mass is 417 g/mol. The molecule has 0 aliphatic carbocycles. The fraction of sp³-hybridized carbons (Fsp3) is 1.00. The summed E-state index contributed by atoms with van der Waals surface area (Å²) in [5.74, 6) is -0.238. The molecule has 0 atom stereocenters. The van der Waals surface area contributed by atoms with Crippen molar-refractivity contribution < 1.29 is 25.9 Å². The van der Waals surface area contributed by atoms with Gasteiger partial charge in [-0.15, -0.1) is 0 Å². The minimum Gasteiger partial charge on any atom is -0.286 e. The van der Waals surface area contributed by atoms with E-state index in [9.17, 15) is 16.8 Å². The van der Waals surface area contributed by atoms with Gasteiger partial charge in [0, 0.05) is 0 Å². The van der Waals surface area contributed by atoms with Crippen LogP contribution in [-0.4, -0.2) is 49.8 Å². The van der Waals surface area contributed by atoms with Crippen LogP contribution in [0.2, 0.25) is 0 Å². The molecule has 0 heterocycles. The minimum atomic E-state index is -3.78. The topological polar surface area (TPSA) is 109 Å². The van der Waals surface area contributed by atoms with E-state index in [0.717, 1.165) is 38.5 Å². The second-order valence-corrected chi connectivity index (χ2v) is 11.0. The van der Waals surface area contributed by atoms with E-state index in [1.165, 1.54) is 46.6 Å². The molecule has 0 aromatic rings. The molecule has 2 N–H and O–H groups in total. The van der Waals surface area contributed by atoms with Crippen LogP contribution >= 0.6 is 8.58 Å². The van der Waals surface area contributed by atoms with Crippen molar-refractivity contribution in [3.8, 4) is 0 Å². The standard InChI is InChI=1S/C16H34O6PS2/c17-24(18,19)15-11-7-3-1-5-9-13-23-14-10-6-2-4-8-12-16-25(20,21)22/h1-16H2,(H,17,18,19)(H,20,21,22). The van der Waals surface area contributed by atoms with Crippen molar-refractivity contribution >= 4 is 28.8 Å². The van der Waals surface area contributed by atoms with Crippen LogP contribution < -0.4 is 0 Å². The highest BCUT2D eigenvalue weighted by Gasteiger charge is 2.03. The van der Waals surface area contributed by atoms with E-state index in [2.05, 4.69) is 0 Å². The molecule has 0 amide bonds. The first kappa shape index (κ1) is 25.2. The normalized spacial score (nSPS) is 12.6. The number of hydrogen-bond donors (Lipinski definition) is 2. The van der Waals surface area contributed by atoms with Gasteiger partial charge in [0.05, 0.1) is 11.5 Å². The zero-order valence-electron chi connectivity index (χ0n) is 15.1. The molecule has 0 fully saturated rings. The lowest BCUT2D eigenvalue weighted by Crippen LogP contribution is -2.03. The van der Waals surface area contributed by atoms with Crippen molar-refractivity contribution in [3.05, 3.63) is 0 Å². The van der Waals surface area contributed by atoms with Gasteiger partial charge in [0.2, 0.25) is 0 Å². The zero-order valence-corrected chi connectivity index (χ0v) is 17.6. The van der Waals surface area contributed by atoms with Crippen LogP contribution in [0.3, 0.4) is 0 Å². The third-order valence-corrected chi connectivity index (χ3v) is 6.81. The van der Waals surface area contributed by atoms with Gasteiger partial charge in [-0.25, -0.2) is 0 Å². The number of hydrogen-bond acceptors (Lipinski definition) is 4. The van der Waals surface area contributed by atoms with E-state index in [4.69, 9.17) is 9.11 Å². The molecule has 0 aromatic heterocycles. The Hall–Kier alpha value is 0.250. The maximum atomic E-state index is 10.5. The molecular formula is C16H34O6PS2. The van der Waals surface area contributed by atoms with E-state index >= 15 is 0 Å². The lowest BCUT2D eigenvalue weighted by atomic mass is 10.1. The Morgan fingerprint density at radius 2 is 0.760 bits per heavy atom. The molecule has 0 saturated carbocycles. The first-order valence-corrected chi connectivity index (χ1v) is 13.7. The smallest absolute Gasteiger partial charge is 0.264 e. The van der Waals surface area contributed by atoms with E-state index in [1.807, 2.05) is 0 Å². The maximum absolute atomic E-state index is 10.5. The molecule has 151 valence electrons. The maximum Gasteiger partial charge on any atom is 0.264 e. The van der Waals surface area contributed by atoms with Crippen LogP contribution in [0.1, 0.15) is 77.0 Å². The van der Waals surface area contributed by atoms with Crippen molar-refractivity contribution in [2.45, 2.75) is 77.0 Å². The molecule has 0 aliphatic heterocycles. The molecule has 0 bridgehead atoms. The van der Waals surface area contributed by atoms with Crippen molar-refractivity contribution in [1.29, 1.82) is 0 Å². The molecule has 0 unspecified atom stereocenters. The predicted molar refractivity (Wildman–Crippen MR) is 105 cm³/mol. The Balaban J connectivity index is 3.12. The highest BCUT2D eigenvalue weighted by atomic mass is 32.2. The quantitative estimate of drug-likeness (QED) is 0.194. The summed E-state index contributed by atoms with van der Waals surface area (Å²) < 4.78 is 59.4. The summed E-state index contributed by atoms with van der Waals surface area (Å²) in [6, 6.07) is 0. The molecule has 0 rings (SSSR count). The van der Waals surface area contributed by atoms with E-state index in [0.29, 0.717) is 12.8 Å². The summed E-state index contributed by atoms with van der Waals surface area (Å²) in [4.78, 5) is 0. The van der Waals surface area contributed by atoms with Gasteiger partial charge in [0.1, 0.15) is 0 Å². The lowest BCUT2D eigenvalue weighted by molar-refractivity contribution is 0.476. The van der Waals surface area contributed by atoms with Crippen LogP contribution in [0.15, 0.2) is 0 Å². The third-order valence-electron chi connectivity index (χ3n) is 3.94. The van der Waals surface area contributed by atoms with E-state index < -0.39 is 20.2 Å². The fourth-order valence-electron chi connectivity index (χ4n) is 2.54. The molecule has 6 nitrogen and oxygen atoms in total. The summed E-state index contributed by atoms with van der Waals surface area (Å²) in [5.41, 5.74) is 0. The highest BCUT2D eigenvalue weighted by Crippen LogP contribution is 2.18. The van der Waals surface area contributed by atoms with Crippen LogP contribution in [0.5, 0.6) is 0 Å². The van der Waals surface area contributed by atoms with Crippen molar-refractivity contribution in [1.82, 2.24) is 0 Å². The van der Waals surface area contributed by atoms with Gasteiger partial charge in [-0.1, -0.05) is 59.9 Å². The SMILES string of the molecule is O=S(=O)(O)CCCCCCCC[P]CCCCCCCCS(=O)(=O)O. The van der Waals surface area contributed by atoms with Gasteiger partial charge in [0.15, 0.2) is 0 Å². The Kier molecular flexibility index (Phi) is 15.5. The Labute approximate surface area is 155 Å². The van der Waals surface area contributed by atoms with Gasteiger partial charge in [-0.05, 0) is 38.0 Å². The number of unbranched alkanes of at least 4 members (excludes halogenated alkanes) is 10. The van der Waals surface area contributed by atoms with Crippen LogP contribution in [-0.2, 0) is 20.2 Å². The summed E-state index contributed by atoms with van der Waals surface area (Å²) in [6.07, 6.45) is 14.4. The van der Waals surface area contributed by atoms with Crippen LogP contribution in [0.25, 0.3) is 0 Å². The molecule has 0 spiro atoms. The van der Waals surface area contributed by atoms with E-state index in [1.54, 1.807) is 0 Å². The molecule has 0 saturated heterocycles. The molecule has 9 heteroatoms. The molecule has 0 aromatic carbocycles. The lowest BCUT2D eigenvalue weighted by Gasteiger charge is -2.03. The zero-order chi connectivity index (χ0) is 19.0. The third kappa shape index (κ3) is 24.2.